The lowest BCUT2D eigenvalue weighted by molar-refractivity contribution is -0.165. The molecule has 1 saturated heterocycles. The Labute approximate surface area is 163 Å². The van der Waals surface area contributed by atoms with Crippen LogP contribution in [0.3, 0.4) is 0 Å². The molecular formula is C15H16Cl2N4O6. The molecule has 146 valence electrons. The van der Waals surface area contributed by atoms with Crippen LogP contribution in [0, 0.1) is 0 Å². The third-order valence-corrected chi connectivity index (χ3v) is 4.28. The van der Waals surface area contributed by atoms with Crippen molar-refractivity contribution in [2.24, 2.45) is 0 Å². The summed E-state index contributed by atoms with van der Waals surface area (Å²) in [5.41, 5.74) is 0.576. The third kappa shape index (κ3) is 3.98. The van der Waals surface area contributed by atoms with Crippen LogP contribution in [0.2, 0.25) is 10.4 Å². The zero-order chi connectivity index (χ0) is 19.7. The summed E-state index contributed by atoms with van der Waals surface area (Å²) in [6.07, 6.45) is -2.02. The summed E-state index contributed by atoms with van der Waals surface area (Å²) in [6.45, 7) is 2.60. The Kier molecular flexibility index (Phi) is 5.80. The maximum Gasteiger partial charge on any atom is 0.303 e. The summed E-state index contributed by atoms with van der Waals surface area (Å²) in [4.78, 5) is 35.3. The van der Waals surface area contributed by atoms with E-state index in [1.807, 2.05) is 0 Å². The van der Waals surface area contributed by atoms with Crippen LogP contribution < -0.4 is 0 Å². The van der Waals surface area contributed by atoms with Crippen molar-refractivity contribution in [1.82, 2.24) is 19.5 Å². The van der Waals surface area contributed by atoms with Gasteiger partial charge in [0.2, 0.25) is 5.28 Å². The number of methoxy groups -OCH3 is 1. The number of halogens is 2. The van der Waals surface area contributed by atoms with Gasteiger partial charge in [0, 0.05) is 21.0 Å². The molecule has 27 heavy (non-hydrogen) atoms. The standard InChI is InChI=1S/C15H16Cl2N4O6/c1-6(22)25-10-8(4-24-3)27-14(11(10)26-7(2)23)21-5-18-9-12(16)19-15(17)20-13(9)21/h5,8,10-11,14H,4H2,1-3H3. The van der Waals surface area contributed by atoms with Crippen LogP contribution in [0.15, 0.2) is 6.33 Å². The number of hydrogen-bond donors (Lipinski definition) is 0. The Morgan fingerprint density at radius 3 is 2.48 bits per heavy atom. The number of carbonyl (C=O) groups excluding carboxylic acids is 2. The minimum Gasteiger partial charge on any atom is -0.456 e. The highest BCUT2D eigenvalue weighted by Gasteiger charge is 2.50. The number of hydrogen-bond acceptors (Lipinski definition) is 9. The van der Waals surface area contributed by atoms with Crippen molar-refractivity contribution in [2.75, 3.05) is 13.7 Å². The van der Waals surface area contributed by atoms with Crippen molar-refractivity contribution in [3.63, 3.8) is 0 Å². The Hall–Kier alpha value is -2.01. The van der Waals surface area contributed by atoms with Gasteiger partial charge in [-0.25, -0.2) is 9.97 Å². The number of ether oxygens (including phenoxy) is 4. The number of aromatic nitrogens is 4. The topological polar surface area (TPSA) is 115 Å². The van der Waals surface area contributed by atoms with Gasteiger partial charge in [0.05, 0.1) is 12.9 Å². The lowest BCUT2D eigenvalue weighted by Crippen LogP contribution is -2.40. The van der Waals surface area contributed by atoms with Gasteiger partial charge in [0.25, 0.3) is 0 Å². The SMILES string of the molecule is COCC1OC(n2cnc3c(Cl)nc(Cl)nc32)C(OC(C)=O)C1OC(C)=O. The fraction of sp³-hybridized carbons (Fsp3) is 0.533. The molecule has 0 aliphatic carbocycles. The van der Waals surface area contributed by atoms with Crippen LogP contribution in [0.25, 0.3) is 11.2 Å². The second-order valence-corrected chi connectivity index (χ2v) is 6.47. The van der Waals surface area contributed by atoms with E-state index < -0.39 is 36.5 Å². The number of rotatable bonds is 5. The predicted molar refractivity (Wildman–Crippen MR) is 92.2 cm³/mol. The van der Waals surface area contributed by atoms with Crippen molar-refractivity contribution >= 4 is 46.3 Å². The van der Waals surface area contributed by atoms with Gasteiger partial charge in [-0.3, -0.25) is 14.2 Å². The first-order valence-electron chi connectivity index (χ1n) is 7.86. The predicted octanol–water partition coefficient (Wildman–Crippen LogP) is 1.54. The van der Waals surface area contributed by atoms with Gasteiger partial charge in [-0.15, -0.1) is 0 Å². The molecule has 0 saturated carbocycles. The molecular weight excluding hydrogens is 403 g/mol. The average molecular weight is 419 g/mol. The van der Waals surface area contributed by atoms with Gasteiger partial charge in [0.1, 0.15) is 11.6 Å². The zero-order valence-electron chi connectivity index (χ0n) is 14.6. The van der Waals surface area contributed by atoms with Gasteiger partial charge in [-0.1, -0.05) is 11.6 Å². The Bertz CT molecular complexity index is 875. The molecule has 2 aromatic rings. The van der Waals surface area contributed by atoms with Gasteiger partial charge in [-0.2, -0.15) is 4.98 Å². The Balaban J connectivity index is 2.06. The zero-order valence-corrected chi connectivity index (χ0v) is 16.1. The molecule has 1 aliphatic rings. The maximum absolute atomic E-state index is 11.6. The molecule has 12 heteroatoms. The van der Waals surface area contributed by atoms with Crippen LogP contribution in [-0.2, 0) is 28.5 Å². The van der Waals surface area contributed by atoms with E-state index in [0.717, 1.165) is 0 Å². The fourth-order valence-electron chi connectivity index (χ4n) is 2.92. The van der Waals surface area contributed by atoms with E-state index in [2.05, 4.69) is 15.0 Å². The van der Waals surface area contributed by atoms with E-state index in [1.54, 1.807) is 0 Å². The molecule has 4 atom stereocenters. The lowest BCUT2D eigenvalue weighted by Gasteiger charge is -2.23. The van der Waals surface area contributed by atoms with E-state index in [0.29, 0.717) is 5.52 Å². The van der Waals surface area contributed by atoms with Crippen molar-refractivity contribution < 1.29 is 28.5 Å². The molecule has 0 N–H and O–H groups in total. The molecule has 2 aromatic heterocycles. The van der Waals surface area contributed by atoms with Crippen molar-refractivity contribution in [3.8, 4) is 0 Å². The molecule has 3 heterocycles. The van der Waals surface area contributed by atoms with E-state index >= 15 is 0 Å². The third-order valence-electron chi connectivity index (χ3n) is 3.85. The van der Waals surface area contributed by atoms with E-state index in [9.17, 15) is 9.59 Å². The second kappa shape index (κ2) is 7.93. The molecule has 0 spiro atoms. The largest absolute Gasteiger partial charge is 0.456 e. The Morgan fingerprint density at radius 2 is 1.85 bits per heavy atom. The second-order valence-electron chi connectivity index (χ2n) is 5.78. The van der Waals surface area contributed by atoms with Crippen LogP contribution in [0.1, 0.15) is 20.1 Å². The summed E-state index contributed by atoms with van der Waals surface area (Å²) in [5.74, 6) is -1.12. The van der Waals surface area contributed by atoms with Crippen LogP contribution in [-0.4, -0.2) is 63.5 Å². The molecule has 0 radical (unpaired) electrons. The van der Waals surface area contributed by atoms with Crippen LogP contribution in [0.5, 0.6) is 0 Å². The first kappa shape index (κ1) is 19.7. The molecule has 3 rings (SSSR count). The van der Waals surface area contributed by atoms with Crippen molar-refractivity contribution in [3.05, 3.63) is 16.8 Å². The van der Waals surface area contributed by atoms with Gasteiger partial charge in [0.15, 0.2) is 29.2 Å². The molecule has 0 aromatic carbocycles. The van der Waals surface area contributed by atoms with Crippen molar-refractivity contribution in [2.45, 2.75) is 38.4 Å². The summed E-state index contributed by atoms with van der Waals surface area (Å²) < 4.78 is 23.3. The number of esters is 2. The first-order chi connectivity index (χ1) is 12.8. The average Bonchev–Trinajstić information content (AvgIpc) is 3.10. The van der Waals surface area contributed by atoms with E-state index in [4.69, 9.17) is 42.1 Å². The molecule has 0 bridgehead atoms. The monoisotopic (exact) mass is 418 g/mol. The summed E-state index contributed by atoms with van der Waals surface area (Å²) in [5, 5.41) is -0.0166. The fourth-order valence-corrected chi connectivity index (χ4v) is 3.35. The lowest BCUT2D eigenvalue weighted by atomic mass is 10.1. The van der Waals surface area contributed by atoms with Crippen molar-refractivity contribution in [1.29, 1.82) is 0 Å². The first-order valence-corrected chi connectivity index (χ1v) is 8.61. The highest BCUT2D eigenvalue weighted by Crippen LogP contribution is 2.36. The maximum atomic E-state index is 11.6. The number of imidazole rings is 1. The number of carbonyl (C=O) groups is 2. The molecule has 4 unspecified atom stereocenters. The summed E-state index contributed by atoms with van der Waals surface area (Å²) in [6, 6.07) is 0. The van der Waals surface area contributed by atoms with Gasteiger partial charge < -0.3 is 18.9 Å². The van der Waals surface area contributed by atoms with Gasteiger partial charge in [-0.05, 0) is 11.6 Å². The molecule has 1 aliphatic heterocycles. The summed E-state index contributed by atoms with van der Waals surface area (Å²) >= 11 is 11.9. The number of fused-ring (bicyclic) bond motifs is 1. The molecule has 1 fully saturated rings. The molecule has 10 nitrogen and oxygen atoms in total. The van der Waals surface area contributed by atoms with Crippen LogP contribution >= 0.6 is 23.2 Å². The molecule has 0 amide bonds. The quantitative estimate of drug-likeness (QED) is 0.404. The normalized spacial score (nSPS) is 24.9. The minimum atomic E-state index is -0.962. The van der Waals surface area contributed by atoms with E-state index in [-0.39, 0.29) is 22.7 Å². The van der Waals surface area contributed by atoms with Gasteiger partial charge >= 0.3 is 11.9 Å². The Morgan fingerprint density at radius 1 is 1.19 bits per heavy atom. The number of nitrogens with zero attached hydrogens (tertiary/aromatic N) is 4. The smallest absolute Gasteiger partial charge is 0.303 e. The minimum absolute atomic E-state index is 0.0655. The highest BCUT2D eigenvalue weighted by atomic mass is 35.5. The summed E-state index contributed by atoms with van der Waals surface area (Å²) in [7, 11) is 1.47. The van der Waals surface area contributed by atoms with E-state index in [1.165, 1.54) is 31.9 Å². The highest BCUT2D eigenvalue weighted by molar-refractivity contribution is 6.35. The van der Waals surface area contributed by atoms with Crippen LogP contribution in [0.4, 0.5) is 0 Å².